The van der Waals surface area contributed by atoms with Gasteiger partial charge in [-0.2, -0.15) is 0 Å². The number of benzene rings is 4. The van der Waals surface area contributed by atoms with Gasteiger partial charge < -0.3 is 14.4 Å². The highest BCUT2D eigenvalue weighted by atomic mass is 32.1. The van der Waals surface area contributed by atoms with E-state index in [0.29, 0.717) is 11.5 Å². The van der Waals surface area contributed by atoms with Crippen LogP contribution < -0.4 is 14.4 Å². The molecule has 4 aromatic carbocycles. The minimum absolute atomic E-state index is 0.477. The molecule has 0 bridgehead atoms. The Hall–Kier alpha value is -5.20. The summed E-state index contributed by atoms with van der Waals surface area (Å²) in [7, 11) is 0. The predicted molar refractivity (Wildman–Crippen MR) is 162 cm³/mol. The molecule has 0 saturated carbocycles. The topological polar surface area (TPSA) is 55.8 Å². The van der Waals surface area contributed by atoms with Crippen LogP contribution in [-0.4, -0.2) is 11.9 Å². The van der Waals surface area contributed by atoms with Crippen LogP contribution in [0.25, 0.3) is 22.3 Å². The highest BCUT2D eigenvalue weighted by Gasteiger charge is 2.14. The third-order valence-corrected chi connectivity index (χ3v) is 6.98. The largest absolute Gasteiger partial charge is 0.423 e. The highest BCUT2D eigenvalue weighted by Crippen LogP contribution is 2.39. The lowest BCUT2D eigenvalue weighted by Crippen LogP contribution is -2.08. The van der Waals surface area contributed by atoms with Crippen molar-refractivity contribution in [3.05, 3.63) is 140 Å². The molecule has 1 aromatic heterocycles. The van der Waals surface area contributed by atoms with Crippen molar-refractivity contribution in [2.75, 3.05) is 4.90 Å². The summed E-state index contributed by atoms with van der Waals surface area (Å²) in [6.45, 7) is 6.84. The molecule has 0 saturated heterocycles. The maximum absolute atomic E-state index is 11.4. The fourth-order valence-corrected chi connectivity index (χ4v) is 4.92. The van der Waals surface area contributed by atoms with Gasteiger partial charge in [0.15, 0.2) is 0 Å². The third kappa shape index (κ3) is 6.09. The molecule has 0 aliphatic rings. The van der Waals surface area contributed by atoms with E-state index < -0.39 is 11.9 Å². The second-order valence-corrected chi connectivity index (χ2v) is 9.61. The smallest absolute Gasteiger partial charge is 0.335 e. The molecular weight excluding hydrogens is 518 g/mol. The first-order valence-corrected chi connectivity index (χ1v) is 13.3. The number of hydrogen-bond donors (Lipinski definition) is 0. The lowest BCUT2D eigenvalue weighted by molar-refractivity contribution is -0.129. The van der Waals surface area contributed by atoms with Gasteiger partial charge >= 0.3 is 11.9 Å². The minimum Gasteiger partial charge on any atom is -0.423 e. The summed E-state index contributed by atoms with van der Waals surface area (Å²) < 4.78 is 10.3. The second-order valence-electron chi connectivity index (χ2n) is 8.68. The molecule has 5 aromatic rings. The van der Waals surface area contributed by atoms with Crippen molar-refractivity contribution in [1.29, 1.82) is 0 Å². The van der Waals surface area contributed by atoms with Crippen LogP contribution in [0.15, 0.2) is 140 Å². The monoisotopic (exact) mass is 543 g/mol. The van der Waals surface area contributed by atoms with E-state index in [2.05, 4.69) is 78.0 Å². The van der Waals surface area contributed by atoms with Crippen molar-refractivity contribution in [1.82, 2.24) is 0 Å². The van der Waals surface area contributed by atoms with Gasteiger partial charge in [-0.25, -0.2) is 9.59 Å². The number of rotatable bonds is 9. The molecule has 5 rings (SSSR count). The van der Waals surface area contributed by atoms with Gasteiger partial charge in [0.2, 0.25) is 0 Å². The molecule has 0 spiro atoms. The summed E-state index contributed by atoms with van der Waals surface area (Å²) in [4.78, 5) is 25.1. The van der Waals surface area contributed by atoms with E-state index in [0.717, 1.165) is 50.8 Å². The Labute approximate surface area is 236 Å². The van der Waals surface area contributed by atoms with Gasteiger partial charge in [-0.3, -0.25) is 0 Å². The Morgan fingerprint density at radius 3 is 1.27 bits per heavy atom. The Kier molecular flexibility index (Phi) is 7.99. The van der Waals surface area contributed by atoms with Crippen LogP contribution in [0.2, 0.25) is 0 Å². The quantitative estimate of drug-likeness (QED) is 0.106. The molecule has 0 fully saturated rings. The van der Waals surface area contributed by atoms with Gasteiger partial charge in [-0.15, -0.1) is 11.3 Å². The van der Waals surface area contributed by atoms with Gasteiger partial charge in [-0.1, -0.05) is 61.7 Å². The minimum atomic E-state index is -0.483. The number of nitrogens with zero attached hydrogens (tertiary/aromatic N) is 1. The highest BCUT2D eigenvalue weighted by molar-refractivity contribution is 7.14. The van der Waals surface area contributed by atoms with Crippen molar-refractivity contribution < 1.29 is 19.1 Å². The van der Waals surface area contributed by atoms with E-state index in [1.165, 1.54) is 0 Å². The lowest BCUT2D eigenvalue weighted by Gasteiger charge is -2.24. The Morgan fingerprint density at radius 1 is 0.575 bits per heavy atom. The van der Waals surface area contributed by atoms with Crippen LogP contribution in [0, 0.1) is 0 Å². The molecule has 0 aliphatic carbocycles. The van der Waals surface area contributed by atoms with Gasteiger partial charge in [-0.05, 0) is 88.3 Å². The average Bonchev–Trinajstić information content (AvgIpc) is 3.53. The van der Waals surface area contributed by atoms with Crippen LogP contribution in [0.3, 0.4) is 0 Å². The number of ether oxygens (including phenoxy) is 2. The summed E-state index contributed by atoms with van der Waals surface area (Å²) in [5.74, 6) is -0.0131. The molecule has 0 unspecified atom stereocenters. The van der Waals surface area contributed by atoms with E-state index in [4.69, 9.17) is 9.47 Å². The van der Waals surface area contributed by atoms with E-state index in [1.54, 1.807) is 35.6 Å². The Morgan fingerprint density at radius 2 is 0.950 bits per heavy atom. The Bertz CT molecular complexity index is 1510. The number of carbonyl (C=O) groups is 2. The van der Waals surface area contributed by atoms with E-state index in [-0.39, 0.29) is 0 Å². The summed E-state index contributed by atoms with van der Waals surface area (Å²) >= 11 is 1.67. The third-order valence-electron chi connectivity index (χ3n) is 6.12. The summed E-state index contributed by atoms with van der Waals surface area (Å²) in [5.41, 5.74) is 6.19. The van der Waals surface area contributed by atoms with Crippen LogP contribution in [-0.2, 0) is 9.59 Å². The summed E-state index contributed by atoms with van der Waals surface area (Å²) in [5, 5.41) is 3.16. The fourth-order valence-electron chi connectivity index (χ4n) is 4.15. The van der Waals surface area contributed by atoms with Gasteiger partial charge in [0.1, 0.15) is 11.5 Å². The van der Waals surface area contributed by atoms with E-state index in [9.17, 15) is 9.59 Å². The van der Waals surface area contributed by atoms with Crippen molar-refractivity contribution in [3.8, 4) is 33.8 Å². The molecule has 0 aliphatic heterocycles. The van der Waals surface area contributed by atoms with Crippen molar-refractivity contribution in [2.45, 2.75) is 0 Å². The van der Waals surface area contributed by atoms with Crippen LogP contribution in [0.4, 0.5) is 16.4 Å². The van der Waals surface area contributed by atoms with E-state index >= 15 is 0 Å². The fraction of sp³-hybridized carbons (Fsp3) is 0. The second kappa shape index (κ2) is 12.1. The van der Waals surface area contributed by atoms with Crippen LogP contribution >= 0.6 is 11.3 Å². The maximum atomic E-state index is 11.4. The number of carbonyl (C=O) groups excluding carboxylic acids is 2. The first-order valence-electron chi connectivity index (χ1n) is 12.5. The molecule has 6 heteroatoms. The first-order chi connectivity index (χ1) is 19.5. The molecule has 5 nitrogen and oxygen atoms in total. The summed E-state index contributed by atoms with van der Waals surface area (Å²) in [6.07, 6.45) is 2.28. The normalized spacial score (nSPS) is 10.4. The van der Waals surface area contributed by atoms with Crippen molar-refractivity contribution >= 4 is 39.7 Å². The zero-order valence-corrected chi connectivity index (χ0v) is 22.3. The number of hydrogen-bond acceptors (Lipinski definition) is 6. The van der Waals surface area contributed by atoms with E-state index in [1.807, 2.05) is 30.3 Å². The van der Waals surface area contributed by atoms with Crippen molar-refractivity contribution in [2.24, 2.45) is 0 Å². The predicted octanol–water partition coefficient (Wildman–Crippen LogP) is 8.73. The van der Waals surface area contributed by atoms with Gasteiger partial charge in [0, 0.05) is 23.5 Å². The standard InChI is InChI=1S/C34H25NO4S/c1-3-33(36)38-30-19-11-26(12-20-30)24-7-15-28(16-8-24)35(32-6-5-23-40-32)29-17-9-25(10-18-29)27-13-21-31(22-14-27)39-34(37)4-2/h3-23H,1-2H2. The Balaban J connectivity index is 1.37. The van der Waals surface area contributed by atoms with Gasteiger partial charge in [0.25, 0.3) is 0 Å². The molecular formula is C34H25NO4S. The summed E-state index contributed by atoms with van der Waals surface area (Å²) in [6, 6.07) is 35.6. The first kappa shape index (κ1) is 26.4. The molecule has 196 valence electrons. The zero-order valence-electron chi connectivity index (χ0n) is 21.5. The molecule has 0 radical (unpaired) electrons. The van der Waals surface area contributed by atoms with Crippen LogP contribution in [0.5, 0.6) is 11.5 Å². The zero-order chi connectivity index (χ0) is 27.9. The number of esters is 2. The maximum Gasteiger partial charge on any atom is 0.335 e. The average molecular weight is 544 g/mol. The van der Waals surface area contributed by atoms with Crippen molar-refractivity contribution in [3.63, 3.8) is 0 Å². The number of anilines is 3. The van der Waals surface area contributed by atoms with Gasteiger partial charge in [0.05, 0.1) is 5.00 Å². The van der Waals surface area contributed by atoms with Crippen LogP contribution in [0.1, 0.15) is 0 Å². The lowest BCUT2D eigenvalue weighted by atomic mass is 10.0. The molecule has 0 atom stereocenters. The number of thiophene rings is 1. The molecule has 0 amide bonds. The molecule has 1 heterocycles. The molecule has 40 heavy (non-hydrogen) atoms. The molecule has 0 N–H and O–H groups in total. The SMILES string of the molecule is C=CC(=O)Oc1ccc(-c2ccc(N(c3ccc(-c4ccc(OC(=O)C=C)cc4)cc3)c3cccs3)cc2)cc1.